The molecular weight excluding hydrogens is 186 g/mol. The van der Waals surface area contributed by atoms with Gasteiger partial charge < -0.3 is 10.3 Å². The normalized spacial score (nSPS) is 9.77. The molecule has 0 aliphatic rings. The first kappa shape index (κ1) is 7.83. The van der Waals surface area contributed by atoms with Crippen molar-refractivity contribution in [3.8, 4) is 16.7 Å². The first-order valence-electron chi connectivity index (χ1n) is 3.51. The lowest BCUT2D eigenvalue weighted by molar-refractivity contribution is 0.433. The Balaban J connectivity index is 2.48. The van der Waals surface area contributed by atoms with E-state index in [4.69, 9.17) is 15.5 Å². The van der Waals surface area contributed by atoms with Gasteiger partial charge in [0.1, 0.15) is 16.6 Å². The molecule has 13 heavy (non-hydrogen) atoms. The zero-order chi connectivity index (χ0) is 9.26. The molecule has 0 saturated heterocycles. The van der Waals surface area contributed by atoms with E-state index in [1.807, 2.05) is 6.07 Å². The minimum absolute atomic E-state index is 0.492. The van der Waals surface area contributed by atoms with Crippen LogP contribution in [0, 0.1) is 11.3 Å². The topological polar surface area (TPSA) is 75.8 Å². The average molecular weight is 191 g/mol. The number of anilines is 1. The first-order valence-corrected chi connectivity index (χ1v) is 4.33. The molecule has 2 rings (SSSR count). The van der Waals surface area contributed by atoms with E-state index >= 15 is 0 Å². The smallest absolute Gasteiger partial charge is 0.199 e. The van der Waals surface area contributed by atoms with Gasteiger partial charge >= 0.3 is 0 Å². The lowest BCUT2D eigenvalue weighted by atomic mass is 10.3. The molecule has 0 saturated carbocycles. The Morgan fingerprint density at radius 2 is 2.38 bits per heavy atom. The molecule has 2 aromatic rings. The molecule has 5 heteroatoms. The fraction of sp³-hybridized carbons (Fsp3) is 0. The molecule has 0 spiro atoms. The fourth-order valence-corrected chi connectivity index (χ4v) is 1.76. The van der Waals surface area contributed by atoms with Gasteiger partial charge in [-0.3, -0.25) is 0 Å². The summed E-state index contributed by atoms with van der Waals surface area (Å²) in [7, 11) is 0. The SMILES string of the molecule is N#Cc1ccc(-c2oncc2N)s1. The Kier molecular flexibility index (Phi) is 1.76. The minimum atomic E-state index is 0.492. The molecule has 0 aliphatic carbocycles. The third kappa shape index (κ3) is 1.27. The van der Waals surface area contributed by atoms with Gasteiger partial charge in [0.15, 0.2) is 5.76 Å². The molecular formula is C8H5N3OS. The number of hydrogen-bond donors (Lipinski definition) is 1. The summed E-state index contributed by atoms with van der Waals surface area (Å²) in [5, 5.41) is 12.2. The lowest BCUT2D eigenvalue weighted by Gasteiger charge is -1.88. The average Bonchev–Trinajstić information content (AvgIpc) is 2.71. The van der Waals surface area contributed by atoms with Gasteiger partial charge in [-0.1, -0.05) is 5.16 Å². The van der Waals surface area contributed by atoms with Crippen molar-refractivity contribution in [3.63, 3.8) is 0 Å². The molecule has 0 atom stereocenters. The molecule has 64 valence electrons. The number of thiophene rings is 1. The zero-order valence-corrected chi connectivity index (χ0v) is 7.34. The van der Waals surface area contributed by atoms with E-state index in [-0.39, 0.29) is 0 Å². The molecule has 0 radical (unpaired) electrons. The Bertz CT molecular complexity index is 466. The van der Waals surface area contributed by atoms with Crippen LogP contribution in [0.15, 0.2) is 22.9 Å². The van der Waals surface area contributed by atoms with Crippen LogP contribution in [-0.4, -0.2) is 5.16 Å². The Morgan fingerprint density at radius 1 is 1.54 bits per heavy atom. The fourth-order valence-electron chi connectivity index (χ4n) is 0.954. The number of nitrogens with zero attached hydrogens (tertiary/aromatic N) is 2. The summed E-state index contributed by atoms with van der Waals surface area (Å²) in [6, 6.07) is 5.56. The van der Waals surface area contributed by atoms with Gasteiger partial charge in [-0.25, -0.2) is 0 Å². The van der Waals surface area contributed by atoms with Crippen molar-refractivity contribution in [3.05, 3.63) is 23.2 Å². The number of hydrogen-bond acceptors (Lipinski definition) is 5. The van der Waals surface area contributed by atoms with Gasteiger partial charge in [-0.2, -0.15) is 5.26 Å². The van der Waals surface area contributed by atoms with Crippen molar-refractivity contribution in [2.24, 2.45) is 0 Å². The third-order valence-corrected chi connectivity index (χ3v) is 2.53. The maximum absolute atomic E-state index is 8.60. The molecule has 2 heterocycles. The van der Waals surface area contributed by atoms with Crippen LogP contribution < -0.4 is 5.73 Å². The summed E-state index contributed by atoms with van der Waals surface area (Å²) in [5.41, 5.74) is 6.08. The van der Waals surface area contributed by atoms with Gasteiger partial charge in [0.05, 0.1) is 11.1 Å². The molecule has 0 fully saturated rings. The van der Waals surface area contributed by atoms with Crippen LogP contribution in [0.2, 0.25) is 0 Å². The van der Waals surface area contributed by atoms with Crippen LogP contribution in [0.1, 0.15) is 4.88 Å². The zero-order valence-electron chi connectivity index (χ0n) is 6.52. The van der Waals surface area contributed by atoms with Crippen LogP contribution in [0.5, 0.6) is 0 Å². The maximum Gasteiger partial charge on any atom is 0.199 e. The van der Waals surface area contributed by atoms with Crippen LogP contribution in [0.4, 0.5) is 5.69 Å². The largest absolute Gasteiger partial charge is 0.394 e. The first-order chi connectivity index (χ1) is 6.31. The third-order valence-electron chi connectivity index (χ3n) is 1.54. The van der Waals surface area contributed by atoms with Crippen molar-refractivity contribution in [2.75, 3.05) is 5.73 Å². The monoisotopic (exact) mass is 191 g/mol. The second kappa shape index (κ2) is 2.92. The Labute approximate surface area is 78.2 Å². The Hall–Kier alpha value is -1.80. The van der Waals surface area contributed by atoms with E-state index in [1.165, 1.54) is 17.5 Å². The standard InChI is InChI=1S/C8H5N3OS/c9-3-5-1-2-7(13-5)8-6(10)4-11-12-8/h1-2,4H,10H2. The molecule has 0 aliphatic heterocycles. The summed E-state index contributed by atoms with van der Waals surface area (Å²) < 4.78 is 4.93. The van der Waals surface area contributed by atoms with Crippen LogP contribution >= 0.6 is 11.3 Å². The summed E-state index contributed by atoms with van der Waals surface area (Å²) in [6.07, 6.45) is 1.45. The summed E-state index contributed by atoms with van der Waals surface area (Å²) in [5.74, 6) is 0.534. The highest BCUT2D eigenvalue weighted by molar-refractivity contribution is 7.16. The molecule has 0 bridgehead atoms. The quantitative estimate of drug-likeness (QED) is 0.746. The number of aromatic nitrogens is 1. The Morgan fingerprint density at radius 3 is 2.92 bits per heavy atom. The molecule has 0 aromatic carbocycles. The van der Waals surface area contributed by atoms with Gasteiger partial charge in [-0.15, -0.1) is 11.3 Å². The maximum atomic E-state index is 8.60. The second-order valence-corrected chi connectivity index (χ2v) is 3.47. The van der Waals surface area contributed by atoms with Crippen molar-refractivity contribution < 1.29 is 4.52 Å². The van der Waals surface area contributed by atoms with Gasteiger partial charge in [0, 0.05) is 0 Å². The number of nitrogen functional groups attached to an aromatic ring is 1. The van der Waals surface area contributed by atoms with E-state index in [9.17, 15) is 0 Å². The van der Waals surface area contributed by atoms with Crippen LogP contribution in [-0.2, 0) is 0 Å². The van der Waals surface area contributed by atoms with Crippen molar-refractivity contribution in [2.45, 2.75) is 0 Å². The number of rotatable bonds is 1. The molecule has 0 amide bonds. The summed E-state index contributed by atoms with van der Waals surface area (Å²) in [6.45, 7) is 0. The summed E-state index contributed by atoms with van der Waals surface area (Å²) >= 11 is 1.33. The summed E-state index contributed by atoms with van der Waals surface area (Å²) in [4.78, 5) is 1.46. The van der Waals surface area contributed by atoms with E-state index in [0.29, 0.717) is 16.3 Å². The van der Waals surface area contributed by atoms with E-state index in [2.05, 4.69) is 5.16 Å². The molecule has 4 nitrogen and oxygen atoms in total. The lowest BCUT2D eigenvalue weighted by Crippen LogP contribution is -1.81. The second-order valence-electron chi connectivity index (χ2n) is 2.39. The highest BCUT2D eigenvalue weighted by Gasteiger charge is 2.10. The van der Waals surface area contributed by atoms with Gasteiger partial charge in [-0.05, 0) is 12.1 Å². The molecule has 0 unspecified atom stereocenters. The molecule has 2 N–H and O–H groups in total. The van der Waals surface area contributed by atoms with E-state index in [1.54, 1.807) is 12.1 Å². The number of nitrogens with two attached hydrogens (primary N) is 1. The molecule has 2 aromatic heterocycles. The highest BCUT2D eigenvalue weighted by atomic mass is 32.1. The number of nitriles is 1. The highest BCUT2D eigenvalue weighted by Crippen LogP contribution is 2.31. The van der Waals surface area contributed by atoms with Crippen molar-refractivity contribution >= 4 is 17.0 Å². The van der Waals surface area contributed by atoms with Crippen molar-refractivity contribution in [1.29, 1.82) is 5.26 Å². The minimum Gasteiger partial charge on any atom is -0.394 e. The van der Waals surface area contributed by atoms with Crippen LogP contribution in [0.3, 0.4) is 0 Å². The van der Waals surface area contributed by atoms with E-state index in [0.717, 1.165) is 4.88 Å². The van der Waals surface area contributed by atoms with Gasteiger partial charge in [0.2, 0.25) is 0 Å². The van der Waals surface area contributed by atoms with E-state index < -0.39 is 0 Å². The predicted octanol–water partition coefficient (Wildman–Crippen LogP) is 1.86. The van der Waals surface area contributed by atoms with Crippen LogP contribution in [0.25, 0.3) is 10.6 Å². The van der Waals surface area contributed by atoms with Gasteiger partial charge in [0.25, 0.3) is 0 Å². The predicted molar refractivity (Wildman–Crippen MR) is 48.9 cm³/mol. The van der Waals surface area contributed by atoms with Crippen molar-refractivity contribution in [1.82, 2.24) is 5.16 Å².